The minimum Gasteiger partial charge on any atom is -0.482 e. The van der Waals surface area contributed by atoms with Gasteiger partial charge in [-0.2, -0.15) is 13.2 Å². The van der Waals surface area contributed by atoms with Crippen LogP contribution < -0.4 is 15.4 Å². The van der Waals surface area contributed by atoms with Gasteiger partial charge in [0.25, 0.3) is 11.8 Å². The van der Waals surface area contributed by atoms with E-state index >= 15 is 0 Å². The number of carbonyl (C=O) groups excluding carboxylic acids is 3. The number of benzene rings is 2. The summed E-state index contributed by atoms with van der Waals surface area (Å²) in [4.78, 5) is 34.8. The van der Waals surface area contributed by atoms with Crippen molar-refractivity contribution in [2.45, 2.75) is 6.18 Å². The van der Waals surface area contributed by atoms with E-state index in [1.165, 1.54) is 37.4 Å². The molecule has 0 fully saturated rings. The Morgan fingerprint density at radius 3 is 2.31 bits per heavy atom. The van der Waals surface area contributed by atoms with Gasteiger partial charge >= 0.3 is 12.1 Å². The lowest BCUT2D eigenvalue weighted by molar-refractivity contribution is -0.149. The second-order valence-corrected chi connectivity index (χ2v) is 5.68. The first kappa shape index (κ1) is 21.7. The molecule has 154 valence electrons. The van der Waals surface area contributed by atoms with Crippen molar-refractivity contribution in [3.8, 4) is 5.75 Å². The zero-order valence-electron chi connectivity index (χ0n) is 15.2. The number of rotatable bonds is 7. The first-order chi connectivity index (χ1) is 13.7. The van der Waals surface area contributed by atoms with Gasteiger partial charge in [0.1, 0.15) is 5.75 Å². The van der Waals surface area contributed by atoms with Crippen LogP contribution >= 0.6 is 0 Å². The Balaban J connectivity index is 1.77. The number of halogens is 3. The summed E-state index contributed by atoms with van der Waals surface area (Å²) in [6.45, 7) is -1.27. The molecule has 0 spiro atoms. The fourth-order valence-corrected chi connectivity index (χ4v) is 2.14. The summed E-state index contributed by atoms with van der Waals surface area (Å²) in [6.07, 6.45) is -4.53. The summed E-state index contributed by atoms with van der Waals surface area (Å²) in [6, 6.07) is 10.0. The molecule has 0 aliphatic rings. The van der Waals surface area contributed by atoms with Crippen LogP contribution in [0, 0.1) is 0 Å². The number of hydrogen-bond acceptors (Lipinski definition) is 5. The zero-order valence-corrected chi connectivity index (χ0v) is 15.2. The van der Waals surface area contributed by atoms with Gasteiger partial charge in [-0.25, -0.2) is 4.79 Å². The molecule has 0 saturated heterocycles. The molecule has 2 rings (SSSR count). The Labute approximate surface area is 163 Å². The maximum Gasteiger partial charge on any atom is 0.416 e. The minimum atomic E-state index is -4.53. The molecular weight excluding hydrogens is 393 g/mol. The van der Waals surface area contributed by atoms with E-state index in [2.05, 4.69) is 10.6 Å². The molecule has 0 unspecified atom stereocenters. The van der Waals surface area contributed by atoms with E-state index in [-0.39, 0.29) is 11.7 Å². The normalized spacial score (nSPS) is 10.8. The summed E-state index contributed by atoms with van der Waals surface area (Å²) in [5.74, 6) is -1.99. The van der Waals surface area contributed by atoms with Crippen molar-refractivity contribution < 1.29 is 37.0 Å². The van der Waals surface area contributed by atoms with Crippen LogP contribution in [0.2, 0.25) is 0 Å². The second kappa shape index (κ2) is 9.58. The summed E-state index contributed by atoms with van der Waals surface area (Å²) in [5, 5.41) is 4.92. The fourth-order valence-electron chi connectivity index (χ4n) is 2.14. The molecule has 2 aromatic carbocycles. The molecule has 0 aromatic heterocycles. The molecule has 0 saturated carbocycles. The van der Waals surface area contributed by atoms with Gasteiger partial charge in [-0.3, -0.25) is 9.59 Å². The highest BCUT2D eigenvalue weighted by Gasteiger charge is 2.30. The predicted molar refractivity (Wildman–Crippen MR) is 96.4 cm³/mol. The molecule has 0 aliphatic carbocycles. The van der Waals surface area contributed by atoms with E-state index in [9.17, 15) is 27.6 Å². The van der Waals surface area contributed by atoms with Crippen LogP contribution in [0.1, 0.15) is 15.9 Å². The molecule has 10 heteroatoms. The molecule has 29 heavy (non-hydrogen) atoms. The number of nitrogens with one attached hydrogen (secondary N) is 2. The molecule has 0 aliphatic heterocycles. The number of hydrogen-bond donors (Lipinski definition) is 2. The molecule has 0 heterocycles. The van der Waals surface area contributed by atoms with E-state index in [1.807, 2.05) is 0 Å². The Morgan fingerprint density at radius 1 is 1.00 bits per heavy atom. The number of ether oxygens (including phenoxy) is 2. The van der Waals surface area contributed by atoms with Crippen molar-refractivity contribution in [3.63, 3.8) is 0 Å². The second-order valence-electron chi connectivity index (χ2n) is 5.68. The van der Waals surface area contributed by atoms with Crippen molar-refractivity contribution in [1.82, 2.24) is 5.32 Å². The average Bonchev–Trinajstić information content (AvgIpc) is 2.70. The van der Waals surface area contributed by atoms with Gasteiger partial charge in [-0.05, 0) is 42.5 Å². The van der Waals surface area contributed by atoms with Crippen molar-refractivity contribution in [3.05, 3.63) is 59.7 Å². The van der Waals surface area contributed by atoms with E-state index < -0.39 is 36.8 Å². The average molecular weight is 410 g/mol. The Morgan fingerprint density at radius 2 is 1.69 bits per heavy atom. The lowest BCUT2D eigenvalue weighted by Crippen LogP contribution is -2.23. The summed E-state index contributed by atoms with van der Waals surface area (Å²) >= 11 is 0. The number of anilines is 1. The number of amides is 2. The Bertz CT molecular complexity index is 882. The molecule has 2 aromatic rings. The summed E-state index contributed by atoms with van der Waals surface area (Å²) in [7, 11) is 1.49. The van der Waals surface area contributed by atoms with Crippen molar-refractivity contribution in [2.24, 2.45) is 0 Å². The lowest BCUT2D eigenvalue weighted by Gasteiger charge is -2.10. The van der Waals surface area contributed by atoms with Crippen LogP contribution in [0.25, 0.3) is 0 Å². The molecule has 0 atom stereocenters. The van der Waals surface area contributed by atoms with Crippen LogP contribution in [0.15, 0.2) is 48.5 Å². The highest BCUT2D eigenvalue weighted by Crippen LogP contribution is 2.31. The standard InChI is InChI=1S/C19H17F3N2O5/c1-23-18(27)12-5-7-14(8-6-12)24-16(25)10-29-17(26)11-28-15-4-2-3-13(9-15)19(20,21)22/h2-9H,10-11H2,1H3,(H,23,27)(H,24,25). The van der Waals surface area contributed by atoms with Crippen molar-refractivity contribution in [1.29, 1.82) is 0 Å². The highest BCUT2D eigenvalue weighted by atomic mass is 19.4. The quantitative estimate of drug-likeness (QED) is 0.685. The molecular formula is C19H17F3N2O5. The van der Waals surface area contributed by atoms with Gasteiger partial charge < -0.3 is 20.1 Å². The number of esters is 1. The van der Waals surface area contributed by atoms with Crippen molar-refractivity contribution >= 4 is 23.5 Å². The van der Waals surface area contributed by atoms with Crippen LogP contribution in [-0.2, 0) is 20.5 Å². The molecule has 0 radical (unpaired) electrons. The van der Waals surface area contributed by atoms with Gasteiger partial charge in [0, 0.05) is 18.3 Å². The Kier molecular flexibility index (Phi) is 7.18. The third-order valence-electron chi connectivity index (χ3n) is 3.54. The zero-order chi connectivity index (χ0) is 21.4. The van der Waals surface area contributed by atoms with Crippen LogP contribution in [-0.4, -0.2) is 38.0 Å². The third kappa shape index (κ3) is 6.83. The lowest BCUT2D eigenvalue weighted by atomic mass is 10.2. The van der Waals surface area contributed by atoms with Crippen molar-refractivity contribution in [2.75, 3.05) is 25.6 Å². The highest BCUT2D eigenvalue weighted by molar-refractivity contribution is 5.96. The maximum absolute atomic E-state index is 12.6. The SMILES string of the molecule is CNC(=O)c1ccc(NC(=O)COC(=O)COc2cccc(C(F)(F)F)c2)cc1. The van der Waals surface area contributed by atoms with Crippen LogP contribution in [0.4, 0.5) is 18.9 Å². The first-order valence-corrected chi connectivity index (χ1v) is 8.26. The maximum atomic E-state index is 12.6. The first-order valence-electron chi connectivity index (χ1n) is 8.26. The minimum absolute atomic E-state index is 0.155. The topological polar surface area (TPSA) is 93.7 Å². The molecule has 2 N–H and O–H groups in total. The van der Waals surface area contributed by atoms with E-state index in [0.29, 0.717) is 11.3 Å². The van der Waals surface area contributed by atoms with Crippen LogP contribution in [0.5, 0.6) is 5.75 Å². The van der Waals surface area contributed by atoms with E-state index in [1.54, 1.807) is 0 Å². The van der Waals surface area contributed by atoms with Gasteiger partial charge in [-0.15, -0.1) is 0 Å². The van der Waals surface area contributed by atoms with E-state index in [0.717, 1.165) is 18.2 Å². The van der Waals surface area contributed by atoms with Gasteiger partial charge in [-0.1, -0.05) is 6.07 Å². The number of alkyl halides is 3. The summed E-state index contributed by atoms with van der Waals surface area (Å²) < 4.78 is 47.5. The largest absolute Gasteiger partial charge is 0.482 e. The molecule has 0 bridgehead atoms. The summed E-state index contributed by atoms with van der Waals surface area (Å²) in [5.41, 5.74) is -0.118. The molecule has 2 amide bonds. The fraction of sp³-hybridized carbons (Fsp3) is 0.211. The number of carbonyl (C=O) groups is 3. The Hall–Kier alpha value is -3.56. The van der Waals surface area contributed by atoms with Gasteiger partial charge in [0.05, 0.1) is 5.56 Å². The predicted octanol–water partition coefficient (Wildman–Crippen LogP) is 2.63. The van der Waals surface area contributed by atoms with Gasteiger partial charge in [0.2, 0.25) is 0 Å². The molecule has 7 nitrogen and oxygen atoms in total. The van der Waals surface area contributed by atoms with Gasteiger partial charge in [0.15, 0.2) is 13.2 Å². The van der Waals surface area contributed by atoms with Crippen LogP contribution in [0.3, 0.4) is 0 Å². The monoisotopic (exact) mass is 410 g/mol. The van der Waals surface area contributed by atoms with E-state index in [4.69, 9.17) is 9.47 Å². The smallest absolute Gasteiger partial charge is 0.416 e. The third-order valence-corrected chi connectivity index (χ3v) is 3.54.